The third-order valence-corrected chi connectivity index (χ3v) is 4.61. The number of carbonyl (C=O) groups excluding carboxylic acids is 1. The van der Waals surface area contributed by atoms with Crippen LogP contribution in [-0.2, 0) is 16.1 Å². The zero-order valence-corrected chi connectivity index (χ0v) is 16.6. The summed E-state index contributed by atoms with van der Waals surface area (Å²) < 4.78 is 5.19. The highest BCUT2D eigenvalue weighted by Crippen LogP contribution is 2.13. The van der Waals surface area contributed by atoms with Gasteiger partial charge in [-0.15, -0.1) is 0 Å². The molecule has 0 aliphatic heterocycles. The van der Waals surface area contributed by atoms with Crippen LogP contribution in [0.5, 0.6) is 0 Å². The van der Waals surface area contributed by atoms with Crippen LogP contribution in [0.1, 0.15) is 83.1 Å². The average Bonchev–Trinajstić information content (AvgIpc) is 2.65. The van der Waals surface area contributed by atoms with Gasteiger partial charge in [0.05, 0.1) is 6.42 Å². The normalized spacial score (nSPS) is 11.7. The summed E-state index contributed by atoms with van der Waals surface area (Å²) in [6.07, 6.45) is 11.0. The molecule has 5 heteroatoms. The van der Waals surface area contributed by atoms with Crippen LogP contribution in [0.3, 0.4) is 0 Å². The van der Waals surface area contributed by atoms with Crippen LogP contribution in [0.25, 0.3) is 0 Å². The second kappa shape index (κ2) is 15.1. The number of carboxylic acids is 1. The quantitative estimate of drug-likeness (QED) is 0.386. The zero-order chi connectivity index (χ0) is 19.7. The predicted molar refractivity (Wildman–Crippen MR) is 108 cm³/mol. The van der Waals surface area contributed by atoms with Crippen molar-refractivity contribution in [2.24, 2.45) is 0 Å². The van der Waals surface area contributed by atoms with Crippen molar-refractivity contribution in [2.75, 3.05) is 0 Å². The number of ether oxygens (including phenoxy) is 1. The molecular weight excluding hydrogens is 342 g/mol. The number of nitrogens with one attached hydrogen (secondary N) is 1. The lowest BCUT2D eigenvalue weighted by molar-refractivity contribution is -0.137. The van der Waals surface area contributed by atoms with E-state index in [2.05, 4.69) is 12.2 Å². The molecule has 0 spiro atoms. The highest BCUT2D eigenvalue weighted by atomic mass is 16.5. The van der Waals surface area contributed by atoms with E-state index in [1.54, 1.807) is 0 Å². The van der Waals surface area contributed by atoms with Crippen molar-refractivity contribution >= 4 is 12.1 Å². The minimum absolute atomic E-state index is 0.0720. The zero-order valence-electron chi connectivity index (χ0n) is 16.6. The first-order valence-corrected chi connectivity index (χ1v) is 10.3. The molecule has 0 saturated carbocycles. The fourth-order valence-corrected chi connectivity index (χ4v) is 3.07. The van der Waals surface area contributed by atoms with Gasteiger partial charge in [0, 0.05) is 6.04 Å². The van der Waals surface area contributed by atoms with E-state index in [0.29, 0.717) is 6.42 Å². The maximum absolute atomic E-state index is 11.9. The molecule has 0 fully saturated rings. The van der Waals surface area contributed by atoms with Gasteiger partial charge in [-0.3, -0.25) is 4.79 Å². The van der Waals surface area contributed by atoms with Gasteiger partial charge in [-0.05, 0) is 12.0 Å². The number of hydrogen-bond acceptors (Lipinski definition) is 3. The van der Waals surface area contributed by atoms with E-state index in [1.807, 2.05) is 30.3 Å². The Kier molecular flexibility index (Phi) is 12.8. The van der Waals surface area contributed by atoms with Gasteiger partial charge in [0.2, 0.25) is 0 Å². The van der Waals surface area contributed by atoms with Crippen LogP contribution < -0.4 is 5.32 Å². The Morgan fingerprint density at radius 1 is 0.963 bits per heavy atom. The van der Waals surface area contributed by atoms with E-state index in [9.17, 15) is 9.59 Å². The topological polar surface area (TPSA) is 75.6 Å². The van der Waals surface area contributed by atoms with Gasteiger partial charge in [0.25, 0.3) is 0 Å². The monoisotopic (exact) mass is 377 g/mol. The van der Waals surface area contributed by atoms with Crippen LogP contribution in [0, 0.1) is 0 Å². The fourth-order valence-electron chi connectivity index (χ4n) is 3.07. The maximum atomic E-state index is 11.9. The molecule has 0 aliphatic rings. The highest BCUT2D eigenvalue weighted by Gasteiger charge is 2.16. The molecule has 1 aromatic rings. The lowest BCUT2D eigenvalue weighted by Crippen LogP contribution is -2.36. The predicted octanol–water partition coefficient (Wildman–Crippen LogP) is 5.68. The molecule has 152 valence electrons. The summed E-state index contributed by atoms with van der Waals surface area (Å²) in [7, 11) is 0. The Morgan fingerprint density at radius 3 is 2.15 bits per heavy atom. The molecule has 0 unspecified atom stereocenters. The molecule has 0 aromatic heterocycles. The molecule has 2 N–H and O–H groups in total. The van der Waals surface area contributed by atoms with Crippen molar-refractivity contribution in [3.63, 3.8) is 0 Å². The van der Waals surface area contributed by atoms with Crippen molar-refractivity contribution in [3.8, 4) is 0 Å². The maximum Gasteiger partial charge on any atom is 0.407 e. The first-order chi connectivity index (χ1) is 13.1. The summed E-state index contributed by atoms with van der Waals surface area (Å²) in [4.78, 5) is 23.0. The lowest BCUT2D eigenvalue weighted by Gasteiger charge is -2.17. The SMILES string of the molecule is CCCCCCCCCCC[C@H](CC(=O)O)NC(=O)OCc1ccccc1. The minimum atomic E-state index is -0.903. The summed E-state index contributed by atoms with van der Waals surface area (Å²) >= 11 is 0. The molecule has 1 atom stereocenters. The van der Waals surface area contributed by atoms with Crippen LogP contribution in [-0.4, -0.2) is 23.2 Å². The number of carbonyl (C=O) groups is 2. The summed E-state index contributed by atoms with van der Waals surface area (Å²) in [5.41, 5.74) is 0.904. The van der Waals surface area contributed by atoms with E-state index in [1.165, 1.54) is 44.9 Å². The largest absolute Gasteiger partial charge is 0.481 e. The molecule has 5 nitrogen and oxygen atoms in total. The Hall–Kier alpha value is -2.04. The van der Waals surface area contributed by atoms with Gasteiger partial charge in [-0.1, -0.05) is 95.0 Å². The third kappa shape index (κ3) is 12.9. The van der Waals surface area contributed by atoms with Crippen LogP contribution in [0.15, 0.2) is 30.3 Å². The molecule has 0 radical (unpaired) electrons. The van der Waals surface area contributed by atoms with Crippen molar-refractivity contribution in [2.45, 2.75) is 90.2 Å². The number of benzene rings is 1. The van der Waals surface area contributed by atoms with Crippen molar-refractivity contribution < 1.29 is 19.4 Å². The Balaban J connectivity index is 2.19. The van der Waals surface area contributed by atoms with Gasteiger partial charge >= 0.3 is 12.1 Å². The second-order valence-electron chi connectivity index (χ2n) is 7.12. The number of carboxylic acid groups (broad SMARTS) is 1. The molecular formula is C22H35NO4. The molecule has 1 aromatic carbocycles. The van der Waals surface area contributed by atoms with Gasteiger partial charge < -0.3 is 15.2 Å². The number of rotatable bonds is 15. The first-order valence-electron chi connectivity index (χ1n) is 10.3. The van der Waals surface area contributed by atoms with Crippen molar-refractivity contribution in [1.82, 2.24) is 5.32 Å². The Bertz CT molecular complexity index is 518. The van der Waals surface area contributed by atoms with Crippen LogP contribution >= 0.6 is 0 Å². The van der Waals surface area contributed by atoms with E-state index >= 15 is 0 Å². The summed E-state index contributed by atoms with van der Waals surface area (Å²) in [5.74, 6) is -0.903. The summed E-state index contributed by atoms with van der Waals surface area (Å²) in [6.45, 7) is 2.41. The lowest BCUT2D eigenvalue weighted by atomic mass is 10.0. The molecule has 27 heavy (non-hydrogen) atoms. The van der Waals surface area contributed by atoms with Gasteiger partial charge in [-0.2, -0.15) is 0 Å². The standard InChI is InChI=1S/C22H35NO4/c1-2-3-4-5-6-7-8-9-13-16-20(17-21(24)25)23-22(26)27-18-19-14-11-10-12-15-19/h10-12,14-15,20H,2-9,13,16-18H2,1H3,(H,23,26)(H,24,25)/t20-/m1/s1. The first kappa shape index (κ1) is 23.0. The van der Waals surface area contributed by atoms with Crippen molar-refractivity contribution in [3.05, 3.63) is 35.9 Å². The third-order valence-electron chi connectivity index (χ3n) is 4.61. The van der Waals surface area contributed by atoms with Crippen LogP contribution in [0.2, 0.25) is 0 Å². The molecule has 0 bridgehead atoms. The fraction of sp³-hybridized carbons (Fsp3) is 0.636. The molecule has 1 rings (SSSR count). The van der Waals surface area contributed by atoms with E-state index in [0.717, 1.165) is 18.4 Å². The summed E-state index contributed by atoms with van der Waals surface area (Å²) in [5, 5.41) is 11.8. The van der Waals surface area contributed by atoms with Gasteiger partial charge in [-0.25, -0.2) is 4.79 Å². The Morgan fingerprint density at radius 2 is 1.56 bits per heavy atom. The van der Waals surface area contributed by atoms with Crippen molar-refractivity contribution in [1.29, 1.82) is 0 Å². The minimum Gasteiger partial charge on any atom is -0.481 e. The Labute approximate surface area is 163 Å². The number of alkyl carbamates (subject to hydrolysis) is 1. The smallest absolute Gasteiger partial charge is 0.407 e. The van der Waals surface area contributed by atoms with Gasteiger partial charge in [0.15, 0.2) is 0 Å². The molecule has 0 aliphatic carbocycles. The van der Waals surface area contributed by atoms with Crippen LogP contribution in [0.4, 0.5) is 4.79 Å². The second-order valence-corrected chi connectivity index (χ2v) is 7.12. The highest BCUT2D eigenvalue weighted by molar-refractivity contribution is 5.71. The summed E-state index contributed by atoms with van der Waals surface area (Å²) in [6, 6.07) is 9.04. The average molecular weight is 378 g/mol. The number of amides is 1. The van der Waals surface area contributed by atoms with E-state index < -0.39 is 12.1 Å². The number of aliphatic carboxylic acids is 1. The van der Waals surface area contributed by atoms with E-state index in [-0.39, 0.29) is 19.1 Å². The van der Waals surface area contributed by atoms with E-state index in [4.69, 9.17) is 9.84 Å². The number of hydrogen-bond donors (Lipinski definition) is 2. The number of unbranched alkanes of at least 4 members (excludes halogenated alkanes) is 8. The van der Waals surface area contributed by atoms with Gasteiger partial charge in [0.1, 0.15) is 6.61 Å². The molecule has 0 saturated heterocycles. The molecule has 1 amide bonds. The molecule has 0 heterocycles.